The van der Waals surface area contributed by atoms with Gasteiger partial charge in [-0.15, -0.1) is 0 Å². The van der Waals surface area contributed by atoms with Crippen LogP contribution >= 0.6 is 0 Å². The lowest BCUT2D eigenvalue weighted by Crippen LogP contribution is -2.25. The molecule has 0 fully saturated rings. The van der Waals surface area contributed by atoms with Crippen molar-refractivity contribution in [1.29, 1.82) is 0 Å². The summed E-state index contributed by atoms with van der Waals surface area (Å²) in [6.45, 7) is 3.83. The Morgan fingerprint density at radius 2 is 1.19 bits per heavy atom. The molecule has 0 aromatic heterocycles. The van der Waals surface area contributed by atoms with Crippen LogP contribution in [0.15, 0.2) is 0 Å². The highest BCUT2D eigenvalue weighted by Crippen LogP contribution is 2.15. The SMILES string of the molecule is CCCCCCCCCCCCCCC(O)C(C)C(=O)O. The Morgan fingerprint density at radius 3 is 1.57 bits per heavy atom. The van der Waals surface area contributed by atoms with E-state index < -0.39 is 18.0 Å². The maximum atomic E-state index is 10.7. The summed E-state index contributed by atoms with van der Waals surface area (Å²) >= 11 is 0. The van der Waals surface area contributed by atoms with Crippen LogP contribution in [0.25, 0.3) is 0 Å². The van der Waals surface area contributed by atoms with Gasteiger partial charge in [0.2, 0.25) is 0 Å². The first-order chi connectivity index (χ1) is 10.1. The third-order valence-electron chi connectivity index (χ3n) is 4.32. The standard InChI is InChI=1S/C18H36O3/c1-3-4-5-6-7-8-9-10-11-12-13-14-15-17(19)16(2)18(20)21/h16-17,19H,3-15H2,1-2H3,(H,20,21). The molecule has 0 aliphatic rings. The number of carboxylic acid groups (broad SMARTS) is 1. The molecule has 0 saturated carbocycles. The molecule has 0 heterocycles. The Morgan fingerprint density at radius 1 is 0.810 bits per heavy atom. The minimum atomic E-state index is -0.901. The van der Waals surface area contributed by atoms with E-state index in [1.165, 1.54) is 64.2 Å². The fourth-order valence-corrected chi connectivity index (χ4v) is 2.61. The van der Waals surface area contributed by atoms with Gasteiger partial charge in [-0.3, -0.25) is 4.79 Å². The average Bonchev–Trinajstić information content (AvgIpc) is 2.47. The summed E-state index contributed by atoms with van der Waals surface area (Å²) in [6.07, 6.45) is 15.4. The second-order valence-electron chi connectivity index (χ2n) is 6.37. The van der Waals surface area contributed by atoms with Gasteiger partial charge in [-0.1, -0.05) is 84.0 Å². The fraction of sp³-hybridized carbons (Fsp3) is 0.944. The Hall–Kier alpha value is -0.570. The van der Waals surface area contributed by atoms with Gasteiger partial charge in [0.25, 0.3) is 0 Å². The normalized spacial score (nSPS) is 14.0. The van der Waals surface area contributed by atoms with Crippen LogP contribution in [0.4, 0.5) is 0 Å². The summed E-state index contributed by atoms with van der Waals surface area (Å²) in [5.41, 5.74) is 0. The van der Waals surface area contributed by atoms with E-state index in [0.29, 0.717) is 6.42 Å². The second kappa shape index (κ2) is 14.4. The van der Waals surface area contributed by atoms with E-state index in [2.05, 4.69) is 6.92 Å². The number of hydrogen-bond donors (Lipinski definition) is 2. The van der Waals surface area contributed by atoms with E-state index in [4.69, 9.17) is 5.11 Å². The van der Waals surface area contributed by atoms with Gasteiger partial charge in [0.15, 0.2) is 0 Å². The summed E-state index contributed by atoms with van der Waals surface area (Å²) < 4.78 is 0. The number of aliphatic hydroxyl groups is 1. The first-order valence-corrected chi connectivity index (χ1v) is 9.00. The predicted molar refractivity (Wildman–Crippen MR) is 88.5 cm³/mol. The van der Waals surface area contributed by atoms with Crippen LogP contribution in [-0.2, 0) is 4.79 Å². The minimum absolute atomic E-state index is 0.616. The van der Waals surface area contributed by atoms with Crippen molar-refractivity contribution in [2.45, 2.75) is 103 Å². The number of hydrogen-bond acceptors (Lipinski definition) is 2. The van der Waals surface area contributed by atoms with E-state index >= 15 is 0 Å². The number of aliphatic hydroxyl groups excluding tert-OH is 1. The molecule has 21 heavy (non-hydrogen) atoms. The van der Waals surface area contributed by atoms with Crippen LogP contribution in [0.3, 0.4) is 0 Å². The molecule has 126 valence electrons. The summed E-state index contributed by atoms with van der Waals surface area (Å²) in [5.74, 6) is -1.54. The van der Waals surface area contributed by atoms with E-state index in [1.54, 1.807) is 6.92 Å². The van der Waals surface area contributed by atoms with E-state index in [0.717, 1.165) is 12.8 Å². The first-order valence-electron chi connectivity index (χ1n) is 9.00. The van der Waals surface area contributed by atoms with E-state index in [9.17, 15) is 9.90 Å². The molecule has 0 bridgehead atoms. The molecule has 0 aromatic carbocycles. The van der Waals surface area contributed by atoms with Gasteiger partial charge in [0.05, 0.1) is 12.0 Å². The van der Waals surface area contributed by atoms with Crippen molar-refractivity contribution in [2.75, 3.05) is 0 Å². The fourth-order valence-electron chi connectivity index (χ4n) is 2.61. The summed E-state index contributed by atoms with van der Waals surface area (Å²) in [6, 6.07) is 0. The lowest BCUT2D eigenvalue weighted by molar-refractivity contribution is -0.144. The van der Waals surface area contributed by atoms with Crippen molar-refractivity contribution in [1.82, 2.24) is 0 Å². The van der Waals surface area contributed by atoms with Gasteiger partial charge in [-0.05, 0) is 13.3 Å². The molecule has 0 aliphatic carbocycles. The third kappa shape index (κ3) is 12.9. The largest absolute Gasteiger partial charge is 0.481 e. The summed E-state index contributed by atoms with van der Waals surface area (Å²) in [4.78, 5) is 10.7. The molecule has 0 aliphatic heterocycles. The van der Waals surface area contributed by atoms with Crippen LogP contribution in [-0.4, -0.2) is 22.3 Å². The summed E-state index contributed by atoms with van der Waals surface area (Å²) in [5, 5.41) is 18.5. The number of aliphatic carboxylic acids is 1. The Labute approximate surface area is 131 Å². The van der Waals surface area contributed by atoms with Crippen molar-refractivity contribution in [3.05, 3.63) is 0 Å². The molecule has 0 saturated heterocycles. The number of carbonyl (C=O) groups is 1. The summed E-state index contributed by atoms with van der Waals surface area (Å²) in [7, 11) is 0. The van der Waals surface area contributed by atoms with Crippen LogP contribution in [0.2, 0.25) is 0 Å². The van der Waals surface area contributed by atoms with Crippen molar-refractivity contribution in [3.8, 4) is 0 Å². The van der Waals surface area contributed by atoms with Crippen LogP contribution in [0.5, 0.6) is 0 Å². The first kappa shape index (κ1) is 20.4. The molecular formula is C18H36O3. The van der Waals surface area contributed by atoms with Gasteiger partial charge in [0, 0.05) is 0 Å². The van der Waals surface area contributed by atoms with Gasteiger partial charge >= 0.3 is 5.97 Å². The van der Waals surface area contributed by atoms with Gasteiger partial charge in [-0.25, -0.2) is 0 Å². The smallest absolute Gasteiger partial charge is 0.308 e. The Bertz CT molecular complexity index is 241. The van der Waals surface area contributed by atoms with Crippen molar-refractivity contribution in [2.24, 2.45) is 5.92 Å². The van der Waals surface area contributed by atoms with Gasteiger partial charge in [-0.2, -0.15) is 0 Å². The maximum absolute atomic E-state index is 10.7. The third-order valence-corrected chi connectivity index (χ3v) is 4.32. The Kier molecular flexibility index (Phi) is 14.0. The lowest BCUT2D eigenvalue weighted by atomic mass is 9.98. The molecule has 3 nitrogen and oxygen atoms in total. The second-order valence-corrected chi connectivity index (χ2v) is 6.37. The van der Waals surface area contributed by atoms with Crippen molar-refractivity contribution >= 4 is 5.97 Å². The zero-order valence-electron chi connectivity index (χ0n) is 14.1. The van der Waals surface area contributed by atoms with Crippen molar-refractivity contribution < 1.29 is 15.0 Å². The maximum Gasteiger partial charge on any atom is 0.308 e. The number of rotatable bonds is 15. The topological polar surface area (TPSA) is 57.5 Å². The van der Waals surface area contributed by atoms with E-state index in [1.807, 2.05) is 0 Å². The molecule has 0 aromatic rings. The van der Waals surface area contributed by atoms with E-state index in [-0.39, 0.29) is 0 Å². The van der Waals surface area contributed by atoms with Crippen LogP contribution in [0.1, 0.15) is 97.3 Å². The monoisotopic (exact) mass is 300 g/mol. The highest BCUT2D eigenvalue weighted by molar-refractivity contribution is 5.70. The molecular weight excluding hydrogens is 264 g/mol. The molecule has 2 atom stereocenters. The Balaban J connectivity index is 3.20. The highest BCUT2D eigenvalue weighted by atomic mass is 16.4. The number of unbranched alkanes of at least 4 members (excludes halogenated alkanes) is 11. The van der Waals surface area contributed by atoms with Crippen LogP contribution in [0, 0.1) is 5.92 Å². The van der Waals surface area contributed by atoms with Gasteiger partial charge in [0.1, 0.15) is 0 Å². The zero-order valence-corrected chi connectivity index (χ0v) is 14.1. The number of carboxylic acids is 1. The minimum Gasteiger partial charge on any atom is -0.481 e. The molecule has 0 rings (SSSR count). The zero-order chi connectivity index (χ0) is 15.9. The quantitative estimate of drug-likeness (QED) is 0.411. The average molecular weight is 300 g/mol. The highest BCUT2D eigenvalue weighted by Gasteiger charge is 2.20. The molecule has 0 spiro atoms. The molecule has 0 amide bonds. The molecule has 2 N–H and O–H groups in total. The molecule has 3 heteroatoms. The van der Waals surface area contributed by atoms with Crippen LogP contribution < -0.4 is 0 Å². The lowest BCUT2D eigenvalue weighted by Gasteiger charge is -2.14. The molecule has 2 unspecified atom stereocenters. The molecule has 0 radical (unpaired) electrons. The van der Waals surface area contributed by atoms with Gasteiger partial charge < -0.3 is 10.2 Å². The van der Waals surface area contributed by atoms with Crippen molar-refractivity contribution in [3.63, 3.8) is 0 Å². The predicted octanol–water partition coefficient (Wildman–Crippen LogP) is 5.16.